The van der Waals surface area contributed by atoms with Crippen molar-refractivity contribution in [3.8, 4) is 0 Å². The molecule has 0 saturated heterocycles. The highest BCUT2D eigenvalue weighted by molar-refractivity contribution is 5.91. The second-order valence-corrected chi connectivity index (χ2v) is 13.2. The minimum atomic E-state index is 0.152. The van der Waals surface area contributed by atoms with E-state index < -0.39 is 0 Å². The van der Waals surface area contributed by atoms with Crippen molar-refractivity contribution >= 4 is 34.5 Å². The fourth-order valence-electron chi connectivity index (χ4n) is 8.32. The number of allylic oxidation sites excluding steroid dienone is 9. The standard InChI is InChI=1S/C44H38N4/c1-3-10-32(11-4-1)47(34-20-24-45-25-21-34)36-28-31(29-37(30-36)48(33-12-5-2-6-13-33)35-22-26-46-27-23-35)38-18-19-43-40-15-8-7-14-39(40)42-17-9-16-41(38)44(42)43/h1,3-5,7-16,19-20,22-30,34,38,42H,2,6,17-18,21H2. The molecule has 0 amide bonds. The third kappa shape index (κ3) is 5.00. The van der Waals surface area contributed by atoms with Crippen LogP contribution >= 0.6 is 0 Å². The average molecular weight is 623 g/mol. The third-order valence-electron chi connectivity index (χ3n) is 10.4. The Labute approximate surface area is 283 Å². The zero-order valence-electron chi connectivity index (χ0n) is 27.0. The van der Waals surface area contributed by atoms with Crippen molar-refractivity contribution in [2.45, 2.75) is 50.0 Å². The van der Waals surface area contributed by atoms with Crippen molar-refractivity contribution in [3.05, 3.63) is 180 Å². The van der Waals surface area contributed by atoms with Gasteiger partial charge in [-0.15, -0.1) is 0 Å². The number of fused-ring (bicyclic) bond motifs is 3. The minimum absolute atomic E-state index is 0.152. The predicted octanol–water partition coefficient (Wildman–Crippen LogP) is 10.9. The van der Waals surface area contributed by atoms with Gasteiger partial charge in [0.2, 0.25) is 0 Å². The van der Waals surface area contributed by atoms with E-state index in [1.165, 1.54) is 50.5 Å². The van der Waals surface area contributed by atoms with E-state index in [2.05, 4.69) is 147 Å². The first kappa shape index (κ1) is 28.7. The van der Waals surface area contributed by atoms with E-state index in [0.717, 1.165) is 43.5 Å². The lowest BCUT2D eigenvalue weighted by Gasteiger charge is -2.36. The molecule has 48 heavy (non-hydrogen) atoms. The lowest BCUT2D eigenvalue weighted by atomic mass is 9.74. The number of aromatic nitrogens is 1. The highest BCUT2D eigenvalue weighted by Gasteiger charge is 2.38. The van der Waals surface area contributed by atoms with Gasteiger partial charge >= 0.3 is 0 Å². The van der Waals surface area contributed by atoms with Gasteiger partial charge in [-0.3, -0.25) is 9.98 Å². The lowest BCUT2D eigenvalue weighted by Crippen LogP contribution is -2.31. The molecule has 2 heterocycles. The third-order valence-corrected chi connectivity index (χ3v) is 10.4. The van der Waals surface area contributed by atoms with Crippen LogP contribution in [-0.2, 0) is 0 Å². The van der Waals surface area contributed by atoms with Gasteiger partial charge < -0.3 is 9.80 Å². The minimum Gasteiger partial charge on any atom is -0.334 e. The summed E-state index contributed by atoms with van der Waals surface area (Å²) in [5.41, 5.74) is 14.5. The highest BCUT2D eigenvalue weighted by atomic mass is 15.2. The van der Waals surface area contributed by atoms with E-state index in [9.17, 15) is 0 Å². The summed E-state index contributed by atoms with van der Waals surface area (Å²) >= 11 is 0. The Morgan fingerprint density at radius 1 is 0.667 bits per heavy atom. The van der Waals surface area contributed by atoms with E-state index in [0.29, 0.717) is 5.92 Å². The summed E-state index contributed by atoms with van der Waals surface area (Å²) < 4.78 is 0. The van der Waals surface area contributed by atoms with Gasteiger partial charge in [0.05, 0.1) is 6.04 Å². The van der Waals surface area contributed by atoms with Gasteiger partial charge in [0, 0.05) is 71.5 Å². The number of rotatable bonds is 7. The van der Waals surface area contributed by atoms with Crippen LogP contribution < -0.4 is 9.80 Å². The fourth-order valence-corrected chi connectivity index (χ4v) is 8.32. The molecule has 0 fully saturated rings. The molecule has 1 aliphatic heterocycles. The summed E-state index contributed by atoms with van der Waals surface area (Å²) in [4.78, 5) is 13.7. The fraction of sp³-hybridized carbons (Fsp3) is 0.182. The van der Waals surface area contributed by atoms with Crippen LogP contribution in [-0.4, -0.2) is 17.2 Å². The first-order valence-electron chi connectivity index (χ1n) is 17.3. The maximum atomic E-state index is 4.44. The van der Waals surface area contributed by atoms with Crippen LogP contribution in [0.4, 0.5) is 22.7 Å². The summed E-state index contributed by atoms with van der Waals surface area (Å²) in [7, 11) is 0. The van der Waals surface area contributed by atoms with Crippen molar-refractivity contribution in [2.24, 2.45) is 4.99 Å². The molecule has 0 N–H and O–H groups in total. The van der Waals surface area contributed by atoms with E-state index >= 15 is 0 Å². The number of nitrogens with zero attached hydrogens (tertiary/aromatic N) is 4. The predicted molar refractivity (Wildman–Crippen MR) is 199 cm³/mol. The summed E-state index contributed by atoms with van der Waals surface area (Å²) in [5.74, 6) is 0.697. The molecule has 3 unspecified atom stereocenters. The first-order valence-corrected chi connectivity index (χ1v) is 17.3. The van der Waals surface area contributed by atoms with Crippen LogP contribution in [0.1, 0.15) is 60.6 Å². The van der Waals surface area contributed by atoms with E-state index in [1.807, 2.05) is 24.8 Å². The molecule has 234 valence electrons. The zero-order chi connectivity index (χ0) is 31.9. The van der Waals surface area contributed by atoms with E-state index in [4.69, 9.17) is 0 Å². The topological polar surface area (TPSA) is 31.7 Å². The molecule has 4 heteroatoms. The Bertz CT molecular complexity index is 2080. The second-order valence-electron chi connectivity index (χ2n) is 13.2. The molecule has 0 saturated carbocycles. The Kier molecular flexibility index (Phi) is 7.34. The maximum absolute atomic E-state index is 4.44. The van der Waals surface area contributed by atoms with Gasteiger partial charge in [-0.05, 0) is 114 Å². The molecule has 0 bridgehead atoms. The molecule has 5 aliphatic rings. The van der Waals surface area contributed by atoms with Crippen LogP contribution in [0.25, 0.3) is 5.57 Å². The van der Waals surface area contributed by atoms with Gasteiger partial charge in [0.1, 0.15) is 0 Å². The summed E-state index contributed by atoms with van der Waals surface area (Å²) in [5, 5.41) is 0. The Morgan fingerprint density at radius 2 is 1.52 bits per heavy atom. The molecule has 4 nitrogen and oxygen atoms in total. The van der Waals surface area contributed by atoms with Crippen molar-refractivity contribution in [3.63, 3.8) is 0 Å². The van der Waals surface area contributed by atoms with Crippen LogP contribution in [0.2, 0.25) is 0 Å². The number of hydrogen-bond acceptors (Lipinski definition) is 4. The monoisotopic (exact) mass is 622 g/mol. The molecule has 3 atom stereocenters. The molecule has 0 radical (unpaired) electrons. The van der Waals surface area contributed by atoms with Crippen LogP contribution in [0.3, 0.4) is 0 Å². The van der Waals surface area contributed by atoms with Crippen molar-refractivity contribution in [1.82, 2.24) is 4.98 Å². The quantitative estimate of drug-likeness (QED) is 0.206. The Hall–Kier alpha value is -5.48. The van der Waals surface area contributed by atoms with Crippen LogP contribution in [0.15, 0.2) is 168 Å². The summed E-state index contributed by atoms with van der Waals surface area (Å²) in [6.07, 6.45) is 29.3. The average Bonchev–Trinajstić information content (AvgIpc) is 3.49. The molecule has 0 spiro atoms. The number of aliphatic imine (C=N–C) groups is 1. The number of para-hydroxylation sites is 1. The molecular weight excluding hydrogens is 585 g/mol. The largest absolute Gasteiger partial charge is 0.334 e. The molecule has 1 aromatic heterocycles. The van der Waals surface area contributed by atoms with E-state index in [-0.39, 0.29) is 12.0 Å². The van der Waals surface area contributed by atoms with Gasteiger partial charge in [0.15, 0.2) is 0 Å². The van der Waals surface area contributed by atoms with Gasteiger partial charge in [-0.2, -0.15) is 0 Å². The van der Waals surface area contributed by atoms with Gasteiger partial charge in [-0.1, -0.05) is 72.8 Å². The molecule has 4 aromatic rings. The lowest BCUT2D eigenvalue weighted by molar-refractivity contribution is 0.750. The molecule has 3 aromatic carbocycles. The smallest absolute Gasteiger partial charge is 0.0589 e. The first-order chi connectivity index (χ1) is 23.8. The Balaban J connectivity index is 1.25. The zero-order valence-corrected chi connectivity index (χ0v) is 27.0. The van der Waals surface area contributed by atoms with Gasteiger partial charge in [-0.25, -0.2) is 0 Å². The van der Waals surface area contributed by atoms with E-state index in [1.54, 1.807) is 0 Å². The SMILES string of the molecule is C1=CC(N(c2ccncc2)c2cc(C3CC=C4C5=C3C=CCC5c3ccccc34)cc(N(c3ccccc3)C3C=CN=CC3)c2)=CCC1. The van der Waals surface area contributed by atoms with Gasteiger partial charge in [0.25, 0.3) is 0 Å². The van der Waals surface area contributed by atoms with Crippen molar-refractivity contribution in [2.75, 3.05) is 9.80 Å². The number of hydrogen-bond donors (Lipinski definition) is 0. The maximum Gasteiger partial charge on any atom is 0.0589 e. The molecule has 9 rings (SSSR count). The number of anilines is 4. The normalized spacial score (nSPS) is 21.8. The number of pyridine rings is 1. The van der Waals surface area contributed by atoms with Crippen molar-refractivity contribution < 1.29 is 0 Å². The van der Waals surface area contributed by atoms with Crippen LogP contribution in [0, 0.1) is 0 Å². The number of benzene rings is 3. The molecule has 4 aliphatic carbocycles. The highest BCUT2D eigenvalue weighted by Crippen LogP contribution is 2.56. The summed E-state index contributed by atoms with van der Waals surface area (Å²) in [6, 6.07) is 31.6. The Morgan fingerprint density at radius 3 is 2.35 bits per heavy atom. The van der Waals surface area contributed by atoms with Crippen LogP contribution in [0.5, 0.6) is 0 Å². The molecular formula is C44H38N4. The summed E-state index contributed by atoms with van der Waals surface area (Å²) in [6.45, 7) is 0. The second kappa shape index (κ2) is 12.3. The van der Waals surface area contributed by atoms with Crippen molar-refractivity contribution in [1.29, 1.82) is 0 Å².